The predicted molar refractivity (Wildman–Crippen MR) is 100 cm³/mol. The number of carbonyl (C=O) groups is 3. The van der Waals surface area contributed by atoms with Crippen LogP contribution < -0.4 is 0 Å². The number of methoxy groups -OCH3 is 1. The first-order valence-corrected chi connectivity index (χ1v) is 9.15. The molecule has 1 unspecified atom stereocenters. The first kappa shape index (κ1) is 21.7. The standard InChI is InChI=1S/C19H29N3O6/c1-11-9-13-12(10-21(11)16(24)27-18(2,3)4)14(15(23)26-8)20-22(13)17(25)28-19(5,6)7/h11H,9-10H2,1-8H3. The minimum atomic E-state index is -0.718. The number of rotatable bonds is 1. The van der Waals surface area contributed by atoms with E-state index in [1.54, 1.807) is 41.5 Å². The van der Waals surface area contributed by atoms with Crippen molar-refractivity contribution in [2.75, 3.05) is 7.11 Å². The average Bonchev–Trinajstić information content (AvgIpc) is 2.88. The summed E-state index contributed by atoms with van der Waals surface area (Å²) in [7, 11) is 1.23. The third-order valence-electron chi connectivity index (χ3n) is 4.01. The van der Waals surface area contributed by atoms with Crippen LogP contribution in [0.25, 0.3) is 0 Å². The van der Waals surface area contributed by atoms with Crippen molar-refractivity contribution in [3.8, 4) is 0 Å². The van der Waals surface area contributed by atoms with Crippen LogP contribution in [0.5, 0.6) is 0 Å². The molecule has 0 aliphatic carbocycles. The Kier molecular flexibility index (Phi) is 5.77. The quantitative estimate of drug-likeness (QED) is 0.532. The molecule has 1 aliphatic heterocycles. The van der Waals surface area contributed by atoms with Crippen LogP contribution in [0, 0.1) is 0 Å². The van der Waals surface area contributed by atoms with E-state index in [-0.39, 0.29) is 18.3 Å². The Balaban J connectivity index is 2.44. The first-order valence-electron chi connectivity index (χ1n) is 9.15. The Morgan fingerprint density at radius 3 is 2.04 bits per heavy atom. The molecule has 0 saturated heterocycles. The Hall–Kier alpha value is -2.58. The van der Waals surface area contributed by atoms with Gasteiger partial charge in [0.25, 0.3) is 0 Å². The second-order valence-electron chi connectivity index (χ2n) is 8.82. The van der Waals surface area contributed by atoms with Gasteiger partial charge in [0.1, 0.15) is 11.2 Å². The average molecular weight is 395 g/mol. The van der Waals surface area contributed by atoms with Gasteiger partial charge in [-0.2, -0.15) is 9.78 Å². The molecule has 1 aromatic rings. The summed E-state index contributed by atoms with van der Waals surface area (Å²) in [5.74, 6) is -0.683. The van der Waals surface area contributed by atoms with Gasteiger partial charge in [-0.3, -0.25) is 0 Å². The zero-order valence-corrected chi connectivity index (χ0v) is 17.8. The number of nitrogens with zero attached hydrogens (tertiary/aromatic N) is 3. The summed E-state index contributed by atoms with van der Waals surface area (Å²) in [6.07, 6.45) is -0.860. The SMILES string of the molecule is COC(=O)c1nn(C(=O)OC(C)(C)C)c2c1CN(C(=O)OC(C)(C)C)C(C)C2. The molecule has 1 aliphatic rings. The van der Waals surface area contributed by atoms with E-state index in [0.717, 1.165) is 4.68 Å². The maximum absolute atomic E-state index is 12.6. The molecule has 1 amide bonds. The molecule has 156 valence electrons. The monoisotopic (exact) mass is 395 g/mol. The van der Waals surface area contributed by atoms with Crippen molar-refractivity contribution in [1.82, 2.24) is 14.7 Å². The number of fused-ring (bicyclic) bond motifs is 1. The highest BCUT2D eigenvalue weighted by Crippen LogP contribution is 2.29. The number of carbonyl (C=O) groups excluding carboxylic acids is 3. The van der Waals surface area contributed by atoms with Gasteiger partial charge in [0.05, 0.1) is 19.3 Å². The van der Waals surface area contributed by atoms with Crippen LogP contribution in [0.3, 0.4) is 0 Å². The molecule has 0 bridgehead atoms. The van der Waals surface area contributed by atoms with Crippen molar-refractivity contribution >= 4 is 18.2 Å². The number of hydrogen-bond acceptors (Lipinski definition) is 7. The third-order valence-corrected chi connectivity index (χ3v) is 4.01. The maximum atomic E-state index is 12.6. The highest BCUT2D eigenvalue weighted by molar-refractivity contribution is 5.90. The highest BCUT2D eigenvalue weighted by Gasteiger charge is 2.38. The summed E-state index contributed by atoms with van der Waals surface area (Å²) in [4.78, 5) is 38.9. The molecule has 2 rings (SSSR count). The molecule has 1 aromatic heterocycles. The molecule has 0 aromatic carbocycles. The summed E-state index contributed by atoms with van der Waals surface area (Å²) >= 11 is 0. The van der Waals surface area contributed by atoms with Gasteiger partial charge in [0.15, 0.2) is 5.69 Å². The van der Waals surface area contributed by atoms with E-state index in [1.807, 2.05) is 6.92 Å². The van der Waals surface area contributed by atoms with Crippen molar-refractivity contribution in [2.24, 2.45) is 0 Å². The topological polar surface area (TPSA) is 100.0 Å². The van der Waals surface area contributed by atoms with Crippen molar-refractivity contribution in [3.63, 3.8) is 0 Å². The van der Waals surface area contributed by atoms with Gasteiger partial charge in [-0.05, 0) is 48.5 Å². The molecule has 0 radical (unpaired) electrons. The van der Waals surface area contributed by atoms with E-state index in [9.17, 15) is 14.4 Å². The highest BCUT2D eigenvalue weighted by atomic mass is 16.6. The van der Waals surface area contributed by atoms with E-state index in [0.29, 0.717) is 17.7 Å². The number of esters is 1. The van der Waals surface area contributed by atoms with E-state index in [4.69, 9.17) is 14.2 Å². The Morgan fingerprint density at radius 2 is 1.54 bits per heavy atom. The molecular formula is C19H29N3O6. The van der Waals surface area contributed by atoms with Gasteiger partial charge in [-0.25, -0.2) is 14.4 Å². The van der Waals surface area contributed by atoms with E-state index < -0.39 is 29.4 Å². The number of amides is 1. The van der Waals surface area contributed by atoms with Crippen LogP contribution in [0.1, 0.15) is 70.2 Å². The lowest BCUT2D eigenvalue weighted by atomic mass is 10.00. The van der Waals surface area contributed by atoms with Crippen LogP contribution in [0.4, 0.5) is 9.59 Å². The molecule has 0 saturated carbocycles. The van der Waals surface area contributed by atoms with Gasteiger partial charge in [-0.15, -0.1) is 0 Å². The van der Waals surface area contributed by atoms with E-state index in [2.05, 4.69) is 5.10 Å². The molecule has 2 heterocycles. The first-order chi connectivity index (χ1) is 12.7. The molecule has 1 atom stereocenters. The van der Waals surface area contributed by atoms with Gasteiger partial charge >= 0.3 is 18.2 Å². The van der Waals surface area contributed by atoms with Gasteiger partial charge in [0.2, 0.25) is 0 Å². The lowest BCUT2D eigenvalue weighted by Crippen LogP contribution is -2.45. The summed E-state index contributed by atoms with van der Waals surface area (Å²) in [5, 5.41) is 4.14. The van der Waals surface area contributed by atoms with Crippen LogP contribution in [0.2, 0.25) is 0 Å². The van der Waals surface area contributed by atoms with Gasteiger partial charge in [0, 0.05) is 18.0 Å². The fourth-order valence-corrected chi connectivity index (χ4v) is 2.86. The van der Waals surface area contributed by atoms with Crippen LogP contribution in [0.15, 0.2) is 0 Å². The fourth-order valence-electron chi connectivity index (χ4n) is 2.86. The van der Waals surface area contributed by atoms with Gasteiger partial charge in [-0.1, -0.05) is 0 Å². The molecule has 0 fully saturated rings. The minimum Gasteiger partial charge on any atom is -0.464 e. The summed E-state index contributed by atoms with van der Waals surface area (Å²) in [6, 6.07) is -0.259. The van der Waals surface area contributed by atoms with Crippen LogP contribution in [-0.2, 0) is 27.2 Å². The largest absolute Gasteiger partial charge is 0.464 e. The zero-order chi connectivity index (χ0) is 21.4. The normalized spacial score (nSPS) is 17.0. The molecule has 9 heteroatoms. The van der Waals surface area contributed by atoms with Crippen molar-refractivity contribution in [2.45, 2.75) is 78.7 Å². The maximum Gasteiger partial charge on any atom is 0.435 e. The van der Waals surface area contributed by atoms with E-state index in [1.165, 1.54) is 12.0 Å². The molecule has 9 nitrogen and oxygen atoms in total. The second-order valence-corrected chi connectivity index (χ2v) is 8.82. The summed E-state index contributed by atoms with van der Waals surface area (Å²) in [6.45, 7) is 12.5. The third kappa shape index (κ3) is 4.82. The smallest absolute Gasteiger partial charge is 0.435 e. The predicted octanol–water partition coefficient (Wildman–Crippen LogP) is 3.13. The molecular weight excluding hydrogens is 366 g/mol. The number of hydrogen-bond donors (Lipinski definition) is 0. The van der Waals surface area contributed by atoms with Crippen LogP contribution in [-0.4, -0.2) is 57.2 Å². The second kappa shape index (κ2) is 7.44. The molecule has 28 heavy (non-hydrogen) atoms. The zero-order valence-electron chi connectivity index (χ0n) is 17.8. The Labute approximate surface area is 164 Å². The molecule has 0 spiro atoms. The fraction of sp³-hybridized carbons (Fsp3) is 0.684. The van der Waals surface area contributed by atoms with Crippen LogP contribution >= 0.6 is 0 Å². The Bertz CT molecular complexity index is 785. The lowest BCUT2D eigenvalue weighted by molar-refractivity contribution is 0.0133. The summed E-state index contributed by atoms with van der Waals surface area (Å²) < 4.78 is 16.7. The van der Waals surface area contributed by atoms with Crippen molar-refractivity contribution in [3.05, 3.63) is 17.0 Å². The lowest BCUT2D eigenvalue weighted by Gasteiger charge is -2.35. The minimum absolute atomic E-state index is 0.0104. The number of aromatic nitrogens is 2. The van der Waals surface area contributed by atoms with Gasteiger partial charge < -0.3 is 19.1 Å². The summed E-state index contributed by atoms with van der Waals surface area (Å²) in [5.41, 5.74) is -0.389. The van der Waals surface area contributed by atoms with Crippen molar-refractivity contribution in [1.29, 1.82) is 0 Å². The van der Waals surface area contributed by atoms with Crippen molar-refractivity contribution < 1.29 is 28.6 Å². The van der Waals surface area contributed by atoms with E-state index >= 15 is 0 Å². The Morgan fingerprint density at radius 1 is 1.00 bits per heavy atom. The number of ether oxygens (including phenoxy) is 3. The molecule has 0 N–H and O–H groups in total.